The number of hydrogen-bond acceptors (Lipinski definition) is 6. The lowest BCUT2D eigenvalue weighted by atomic mass is 10.2. The van der Waals surface area contributed by atoms with Crippen LogP contribution in [0, 0.1) is 0 Å². The van der Waals surface area contributed by atoms with E-state index in [4.69, 9.17) is 4.74 Å². The van der Waals surface area contributed by atoms with Gasteiger partial charge in [0.2, 0.25) is 11.9 Å². The van der Waals surface area contributed by atoms with Crippen LogP contribution in [-0.4, -0.2) is 60.7 Å². The first-order valence-electron chi connectivity index (χ1n) is 6.27. The van der Waals surface area contributed by atoms with Crippen LogP contribution in [0.15, 0.2) is 12.3 Å². The van der Waals surface area contributed by atoms with E-state index in [1.807, 2.05) is 0 Å². The average Bonchev–Trinajstić information content (AvgIpc) is 2.76. The zero-order chi connectivity index (χ0) is 13.7. The number of nitrogens with one attached hydrogen (secondary N) is 2. The van der Waals surface area contributed by atoms with Crippen LogP contribution in [0.5, 0.6) is 0 Å². The number of rotatable bonds is 6. The van der Waals surface area contributed by atoms with Crippen LogP contribution in [-0.2, 0) is 9.53 Å². The van der Waals surface area contributed by atoms with E-state index >= 15 is 0 Å². The van der Waals surface area contributed by atoms with Gasteiger partial charge in [0.25, 0.3) is 0 Å². The van der Waals surface area contributed by atoms with Gasteiger partial charge in [-0.25, -0.2) is 4.98 Å². The van der Waals surface area contributed by atoms with Crippen molar-refractivity contribution in [3.8, 4) is 0 Å². The second-order valence-electron chi connectivity index (χ2n) is 4.39. The molecule has 7 nitrogen and oxygen atoms in total. The number of ether oxygens (including phenoxy) is 1. The number of aromatic nitrogens is 2. The second kappa shape index (κ2) is 6.33. The fourth-order valence-corrected chi connectivity index (χ4v) is 2.04. The summed E-state index contributed by atoms with van der Waals surface area (Å²) in [7, 11) is 3.44. The summed E-state index contributed by atoms with van der Waals surface area (Å²) in [5.74, 6) is 1.43. The first kappa shape index (κ1) is 13.5. The van der Waals surface area contributed by atoms with Gasteiger partial charge in [-0.1, -0.05) is 0 Å². The van der Waals surface area contributed by atoms with Crippen LogP contribution in [0.1, 0.15) is 6.42 Å². The van der Waals surface area contributed by atoms with Crippen LogP contribution in [0.3, 0.4) is 0 Å². The number of nitrogens with zero attached hydrogens (tertiary/aromatic N) is 3. The number of carbonyl (C=O) groups excluding carboxylic acids is 1. The molecule has 1 aromatic heterocycles. The molecule has 0 radical (unpaired) electrons. The Morgan fingerprint density at radius 3 is 3.16 bits per heavy atom. The maximum atomic E-state index is 11.8. The number of methoxy groups -OCH3 is 1. The molecule has 19 heavy (non-hydrogen) atoms. The summed E-state index contributed by atoms with van der Waals surface area (Å²) in [6, 6.07) is 1.84. The summed E-state index contributed by atoms with van der Waals surface area (Å²) in [5.41, 5.74) is 0. The lowest BCUT2D eigenvalue weighted by Crippen LogP contribution is -2.31. The van der Waals surface area contributed by atoms with E-state index in [2.05, 4.69) is 20.6 Å². The van der Waals surface area contributed by atoms with Crippen molar-refractivity contribution >= 4 is 17.7 Å². The van der Waals surface area contributed by atoms with Crippen molar-refractivity contribution < 1.29 is 9.53 Å². The van der Waals surface area contributed by atoms with E-state index in [9.17, 15) is 4.79 Å². The molecule has 0 aromatic carbocycles. The summed E-state index contributed by atoms with van der Waals surface area (Å²) in [6.45, 7) is 1.85. The molecule has 2 rings (SSSR count). The highest BCUT2D eigenvalue weighted by Crippen LogP contribution is 2.15. The van der Waals surface area contributed by atoms with Gasteiger partial charge in [0.15, 0.2) is 0 Å². The predicted molar refractivity (Wildman–Crippen MR) is 72.1 cm³/mol. The summed E-state index contributed by atoms with van der Waals surface area (Å²) in [4.78, 5) is 22.0. The van der Waals surface area contributed by atoms with Crippen LogP contribution in [0.25, 0.3) is 0 Å². The number of amides is 1. The van der Waals surface area contributed by atoms with E-state index in [1.54, 1.807) is 31.3 Å². The summed E-state index contributed by atoms with van der Waals surface area (Å²) in [6.07, 6.45) is 2.15. The molecule has 1 aromatic rings. The van der Waals surface area contributed by atoms with Crippen molar-refractivity contribution in [2.75, 3.05) is 44.5 Å². The van der Waals surface area contributed by atoms with Gasteiger partial charge in [0.05, 0.1) is 12.6 Å². The Morgan fingerprint density at radius 1 is 1.58 bits per heavy atom. The zero-order valence-electron chi connectivity index (χ0n) is 11.2. The number of anilines is 2. The van der Waals surface area contributed by atoms with Crippen molar-refractivity contribution in [1.82, 2.24) is 14.9 Å². The van der Waals surface area contributed by atoms with E-state index in [0.717, 1.165) is 5.82 Å². The Hall–Kier alpha value is -1.89. The molecule has 0 saturated carbocycles. The van der Waals surface area contributed by atoms with E-state index in [-0.39, 0.29) is 11.9 Å². The topological polar surface area (TPSA) is 79.4 Å². The lowest BCUT2D eigenvalue weighted by molar-refractivity contribution is -0.128. The largest absolute Gasteiger partial charge is 0.383 e. The second-order valence-corrected chi connectivity index (χ2v) is 4.39. The molecule has 1 atom stereocenters. The van der Waals surface area contributed by atoms with Gasteiger partial charge in [0, 0.05) is 39.9 Å². The maximum absolute atomic E-state index is 11.8. The van der Waals surface area contributed by atoms with Gasteiger partial charge in [0.1, 0.15) is 5.82 Å². The van der Waals surface area contributed by atoms with Gasteiger partial charge < -0.3 is 20.3 Å². The van der Waals surface area contributed by atoms with Gasteiger partial charge in [-0.3, -0.25) is 4.79 Å². The molecule has 0 unspecified atom stereocenters. The highest BCUT2D eigenvalue weighted by Gasteiger charge is 2.29. The van der Waals surface area contributed by atoms with E-state index in [0.29, 0.717) is 32.1 Å². The van der Waals surface area contributed by atoms with Crippen LogP contribution >= 0.6 is 0 Å². The fourth-order valence-electron chi connectivity index (χ4n) is 2.04. The number of carbonyl (C=O) groups is 1. The number of likely N-dealkylation sites (tertiary alicyclic amines) is 1. The van der Waals surface area contributed by atoms with Crippen molar-refractivity contribution in [2.24, 2.45) is 0 Å². The Bertz CT molecular complexity index is 440. The third kappa shape index (κ3) is 3.54. The highest BCUT2D eigenvalue weighted by atomic mass is 16.5. The first-order chi connectivity index (χ1) is 9.22. The van der Waals surface area contributed by atoms with Crippen LogP contribution in [0.2, 0.25) is 0 Å². The quantitative estimate of drug-likeness (QED) is 0.763. The minimum absolute atomic E-state index is 0.0523. The molecule has 2 heterocycles. The molecule has 0 spiro atoms. The highest BCUT2D eigenvalue weighted by molar-refractivity contribution is 5.79. The predicted octanol–water partition coefficient (Wildman–Crippen LogP) is 0.177. The Kier molecular flexibility index (Phi) is 4.51. The molecule has 104 valence electrons. The minimum atomic E-state index is 0.0523. The molecular formula is C12H19N5O2. The zero-order valence-corrected chi connectivity index (χ0v) is 11.2. The molecule has 0 bridgehead atoms. The maximum Gasteiger partial charge on any atom is 0.224 e. The van der Waals surface area contributed by atoms with Crippen LogP contribution < -0.4 is 10.6 Å². The molecule has 1 aliphatic heterocycles. The monoisotopic (exact) mass is 265 g/mol. The summed E-state index contributed by atoms with van der Waals surface area (Å²) in [5, 5.41) is 6.14. The van der Waals surface area contributed by atoms with Crippen molar-refractivity contribution in [3.63, 3.8) is 0 Å². The van der Waals surface area contributed by atoms with Crippen molar-refractivity contribution in [2.45, 2.75) is 12.5 Å². The van der Waals surface area contributed by atoms with E-state index in [1.165, 1.54) is 0 Å². The molecule has 1 aliphatic rings. The molecule has 0 aliphatic carbocycles. The molecule has 7 heteroatoms. The first-order valence-corrected chi connectivity index (χ1v) is 6.27. The van der Waals surface area contributed by atoms with Gasteiger partial charge in [-0.05, 0) is 6.07 Å². The van der Waals surface area contributed by atoms with Gasteiger partial charge in [-0.2, -0.15) is 4.98 Å². The number of hydrogen-bond donors (Lipinski definition) is 2. The van der Waals surface area contributed by atoms with Gasteiger partial charge >= 0.3 is 0 Å². The Labute approximate surface area is 112 Å². The fraction of sp³-hybridized carbons (Fsp3) is 0.583. The smallest absolute Gasteiger partial charge is 0.224 e. The lowest BCUT2D eigenvalue weighted by Gasteiger charge is -2.16. The molecule has 1 saturated heterocycles. The third-order valence-corrected chi connectivity index (χ3v) is 3.02. The molecular weight excluding hydrogens is 246 g/mol. The van der Waals surface area contributed by atoms with Crippen molar-refractivity contribution in [1.29, 1.82) is 0 Å². The Morgan fingerprint density at radius 2 is 2.42 bits per heavy atom. The minimum Gasteiger partial charge on any atom is -0.383 e. The summed E-state index contributed by atoms with van der Waals surface area (Å²) < 4.78 is 4.99. The normalized spacial score (nSPS) is 18.7. The molecule has 2 N–H and O–H groups in total. The SMILES string of the molecule is CNc1ccnc(N[C@H]2CC(=O)N(CCOC)C2)n1. The standard InChI is InChI=1S/C12H19N5O2/c1-13-10-3-4-14-12(16-10)15-9-7-11(18)17(8-9)5-6-19-2/h3-4,9H,5-8H2,1-2H3,(H2,13,14,15,16)/t9-/m0/s1. The average molecular weight is 265 g/mol. The molecule has 1 amide bonds. The van der Waals surface area contributed by atoms with Crippen LogP contribution in [0.4, 0.5) is 11.8 Å². The molecule has 1 fully saturated rings. The third-order valence-electron chi connectivity index (χ3n) is 3.02. The van der Waals surface area contributed by atoms with E-state index < -0.39 is 0 Å². The van der Waals surface area contributed by atoms with Crippen molar-refractivity contribution in [3.05, 3.63) is 12.3 Å². The Balaban J connectivity index is 1.91. The van der Waals surface area contributed by atoms with Gasteiger partial charge in [-0.15, -0.1) is 0 Å². The summed E-state index contributed by atoms with van der Waals surface area (Å²) >= 11 is 0.